The Morgan fingerprint density at radius 2 is 1.64 bits per heavy atom. The van der Waals surface area contributed by atoms with Gasteiger partial charge in [0.2, 0.25) is 0 Å². The van der Waals surface area contributed by atoms with E-state index in [9.17, 15) is 22.8 Å². The largest absolute Gasteiger partial charge is 0.431 e. The summed E-state index contributed by atoms with van der Waals surface area (Å²) in [5, 5.41) is -0.255. The topological polar surface area (TPSA) is 44.0 Å². The van der Waals surface area contributed by atoms with Crippen molar-refractivity contribution in [3.05, 3.63) is 59.8 Å². The maximum absolute atomic E-state index is 12.8. The quantitative estimate of drug-likeness (QED) is 0.718. The summed E-state index contributed by atoms with van der Waals surface area (Å²) in [4.78, 5) is 24.0. The van der Waals surface area contributed by atoms with Gasteiger partial charge in [0.05, 0.1) is 20.8 Å². The molecule has 0 N–H and O–H groups in total. The molecule has 10 heteroatoms. The van der Waals surface area contributed by atoms with Crippen molar-refractivity contribution < 1.29 is 13.2 Å². The molecule has 2 aromatic rings. The van der Waals surface area contributed by atoms with Crippen molar-refractivity contribution in [2.75, 3.05) is 0 Å². The first-order valence-corrected chi connectivity index (χ1v) is 6.73. The molecular weight excluding hydrogens is 367 g/mol. The number of hydrogen-bond acceptors (Lipinski definition) is 2. The maximum atomic E-state index is 12.8. The van der Waals surface area contributed by atoms with Gasteiger partial charge < -0.3 is 0 Å². The minimum absolute atomic E-state index is 0.0761. The molecule has 4 nitrogen and oxygen atoms in total. The highest BCUT2D eigenvalue weighted by molar-refractivity contribution is 6.48. The zero-order valence-corrected chi connectivity index (χ0v) is 13.0. The van der Waals surface area contributed by atoms with Crippen LogP contribution in [0.15, 0.2) is 27.8 Å². The van der Waals surface area contributed by atoms with Gasteiger partial charge in [0.25, 0.3) is 5.56 Å². The van der Waals surface area contributed by atoms with Crippen LogP contribution in [0.1, 0.15) is 5.69 Å². The molecule has 1 aromatic heterocycles. The second-order valence-corrected chi connectivity index (χ2v) is 5.40. The van der Waals surface area contributed by atoms with Crippen LogP contribution in [0.3, 0.4) is 0 Å². The zero-order chi connectivity index (χ0) is 16.8. The van der Waals surface area contributed by atoms with Crippen LogP contribution in [0.4, 0.5) is 13.2 Å². The van der Waals surface area contributed by atoms with E-state index < -0.39 is 23.1 Å². The molecule has 0 aliphatic heterocycles. The molecule has 0 saturated heterocycles. The smallest absolute Gasteiger partial charge is 0.292 e. The lowest BCUT2D eigenvalue weighted by molar-refractivity contribution is -0.144. The average Bonchev–Trinajstić information content (AvgIpc) is 2.41. The Morgan fingerprint density at radius 1 is 1.05 bits per heavy atom. The number of rotatable bonds is 1. The first-order valence-electron chi connectivity index (χ1n) is 5.60. The summed E-state index contributed by atoms with van der Waals surface area (Å²) in [7, 11) is 0.895. The number of benzene rings is 1. The molecule has 0 spiro atoms. The van der Waals surface area contributed by atoms with Gasteiger partial charge in [-0.05, 0) is 12.1 Å². The summed E-state index contributed by atoms with van der Waals surface area (Å²) >= 11 is 17.5. The van der Waals surface area contributed by atoms with Crippen molar-refractivity contribution in [3.8, 4) is 5.69 Å². The Morgan fingerprint density at radius 3 is 2.18 bits per heavy atom. The molecule has 0 saturated carbocycles. The van der Waals surface area contributed by atoms with E-state index >= 15 is 0 Å². The predicted molar refractivity (Wildman–Crippen MR) is 77.3 cm³/mol. The highest BCUT2D eigenvalue weighted by Crippen LogP contribution is 2.34. The standard InChI is InChI=1S/C12H6Cl3F3N2O2/c1-19-7(12(16,17)18)4-8(21)20(11(19)22)6-3-2-5(13)9(14)10(6)15/h2-4H,1H3. The van der Waals surface area contributed by atoms with Crippen LogP contribution in [0.25, 0.3) is 5.69 Å². The van der Waals surface area contributed by atoms with E-state index in [1.807, 2.05) is 0 Å². The molecule has 0 radical (unpaired) electrons. The summed E-state index contributed by atoms with van der Waals surface area (Å²) < 4.78 is 39.1. The Kier molecular flexibility index (Phi) is 4.34. The fourth-order valence-electron chi connectivity index (χ4n) is 1.81. The van der Waals surface area contributed by atoms with Gasteiger partial charge in [-0.25, -0.2) is 9.36 Å². The molecule has 1 heterocycles. The number of alkyl halides is 3. The van der Waals surface area contributed by atoms with Crippen molar-refractivity contribution >= 4 is 34.8 Å². The Balaban J connectivity index is 2.86. The predicted octanol–water partition coefficient (Wildman–Crippen LogP) is 3.52. The second kappa shape index (κ2) is 5.64. The van der Waals surface area contributed by atoms with Crippen molar-refractivity contribution in [2.45, 2.75) is 6.18 Å². The van der Waals surface area contributed by atoms with Crippen molar-refractivity contribution in [3.63, 3.8) is 0 Å². The highest BCUT2D eigenvalue weighted by Gasteiger charge is 2.35. The summed E-state index contributed by atoms with van der Waals surface area (Å²) in [5.74, 6) is 0. The number of nitrogens with zero attached hydrogens (tertiary/aromatic N) is 2. The molecule has 0 atom stereocenters. The van der Waals surface area contributed by atoms with Crippen molar-refractivity contribution in [2.24, 2.45) is 7.05 Å². The lowest BCUT2D eigenvalue weighted by Gasteiger charge is -2.15. The number of hydrogen-bond donors (Lipinski definition) is 0. The normalized spacial score (nSPS) is 11.8. The van der Waals surface area contributed by atoms with Crippen LogP contribution in [0, 0.1) is 0 Å². The van der Waals surface area contributed by atoms with Gasteiger partial charge in [-0.1, -0.05) is 34.8 Å². The van der Waals surface area contributed by atoms with Crippen LogP contribution in [-0.4, -0.2) is 9.13 Å². The summed E-state index contributed by atoms with van der Waals surface area (Å²) in [6.07, 6.45) is -4.84. The van der Waals surface area contributed by atoms with Gasteiger partial charge in [-0.3, -0.25) is 9.36 Å². The molecule has 1 aromatic carbocycles. The second-order valence-electron chi connectivity index (χ2n) is 4.24. The van der Waals surface area contributed by atoms with E-state index in [-0.39, 0.29) is 20.8 Å². The third-order valence-corrected chi connectivity index (χ3v) is 4.15. The first-order chi connectivity index (χ1) is 10.1. The van der Waals surface area contributed by atoms with E-state index in [0.29, 0.717) is 15.2 Å². The Hall–Kier alpha value is -1.44. The number of halogens is 6. The summed E-state index contributed by atoms with van der Waals surface area (Å²) in [6.45, 7) is 0. The first kappa shape index (κ1) is 16.9. The summed E-state index contributed by atoms with van der Waals surface area (Å²) in [6, 6.07) is 2.79. The van der Waals surface area contributed by atoms with Crippen molar-refractivity contribution in [1.29, 1.82) is 0 Å². The van der Waals surface area contributed by atoms with E-state index in [2.05, 4.69) is 0 Å². The van der Waals surface area contributed by atoms with Gasteiger partial charge >= 0.3 is 11.9 Å². The molecule has 22 heavy (non-hydrogen) atoms. The molecule has 0 aliphatic carbocycles. The van der Waals surface area contributed by atoms with Gasteiger partial charge in [0, 0.05) is 13.1 Å². The fraction of sp³-hybridized carbons (Fsp3) is 0.167. The minimum atomic E-state index is -4.84. The fourth-order valence-corrected chi connectivity index (χ4v) is 2.42. The van der Waals surface area contributed by atoms with Crippen LogP contribution in [-0.2, 0) is 13.2 Å². The summed E-state index contributed by atoms with van der Waals surface area (Å²) in [5.41, 5.74) is -3.92. The third-order valence-electron chi connectivity index (χ3n) is 2.87. The monoisotopic (exact) mass is 372 g/mol. The average molecular weight is 374 g/mol. The van der Waals surface area contributed by atoms with Gasteiger partial charge in [0.1, 0.15) is 5.69 Å². The van der Waals surface area contributed by atoms with Crippen LogP contribution in [0.5, 0.6) is 0 Å². The minimum Gasteiger partial charge on any atom is -0.292 e. The van der Waals surface area contributed by atoms with Gasteiger partial charge in [0.15, 0.2) is 0 Å². The van der Waals surface area contributed by atoms with Crippen molar-refractivity contribution in [1.82, 2.24) is 9.13 Å². The van der Waals surface area contributed by atoms with E-state index in [1.54, 1.807) is 0 Å². The molecule has 0 aliphatic rings. The highest BCUT2D eigenvalue weighted by atomic mass is 35.5. The molecule has 0 fully saturated rings. The van der Waals surface area contributed by atoms with E-state index in [4.69, 9.17) is 34.8 Å². The van der Waals surface area contributed by atoms with E-state index in [1.165, 1.54) is 12.1 Å². The Labute approximate surface area is 136 Å². The van der Waals surface area contributed by atoms with Crippen LogP contribution < -0.4 is 11.2 Å². The van der Waals surface area contributed by atoms with Gasteiger partial charge in [-0.2, -0.15) is 13.2 Å². The molecule has 0 bridgehead atoms. The third kappa shape index (κ3) is 2.76. The van der Waals surface area contributed by atoms with Crippen LogP contribution in [0.2, 0.25) is 15.1 Å². The number of aromatic nitrogens is 2. The molecular formula is C12H6Cl3F3N2O2. The lowest BCUT2D eigenvalue weighted by atomic mass is 10.3. The lowest BCUT2D eigenvalue weighted by Crippen LogP contribution is -2.40. The van der Waals surface area contributed by atoms with Crippen LogP contribution >= 0.6 is 34.8 Å². The zero-order valence-electron chi connectivity index (χ0n) is 10.7. The molecule has 0 amide bonds. The molecule has 118 valence electrons. The SMILES string of the molecule is Cn1c(C(F)(F)F)cc(=O)n(-c2ccc(Cl)c(Cl)c2Cl)c1=O. The Bertz CT molecular complexity index is 872. The molecule has 0 unspecified atom stereocenters. The molecule has 2 rings (SSSR count). The maximum Gasteiger partial charge on any atom is 0.431 e. The van der Waals surface area contributed by atoms with E-state index in [0.717, 1.165) is 7.05 Å². The van der Waals surface area contributed by atoms with Gasteiger partial charge in [-0.15, -0.1) is 0 Å².